The number of carbonyl (C=O) groups is 6. The first kappa shape index (κ1) is 42.8. The Balaban J connectivity index is 1.98. The van der Waals surface area contributed by atoms with E-state index in [-0.39, 0.29) is 121 Å². The van der Waals surface area contributed by atoms with Crippen molar-refractivity contribution in [3.63, 3.8) is 0 Å². The van der Waals surface area contributed by atoms with Gasteiger partial charge in [0.25, 0.3) is 11.8 Å². The maximum Gasteiger partial charge on any atom is 0.313 e. The molecule has 282 valence electrons. The van der Waals surface area contributed by atoms with Crippen LogP contribution in [-0.2, 0) is 54.1 Å². The number of amides is 3. The highest BCUT2D eigenvalue weighted by Crippen LogP contribution is 2.28. The summed E-state index contributed by atoms with van der Waals surface area (Å²) < 4.78 is 27.1. The lowest BCUT2D eigenvalue weighted by molar-refractivity contribution is -0.141. The maximum atomic E-state index is 12.9. The average Bonchev–Trinajstić information content (AvgIpc) is 3.08. The predicted octanol–water partition coefficient (Wildman–Crippen LogP) is 0.737. The molecule has 0 bridgehead atoms. The summed E-state index contributed by atoms with van der Waals surface area (Å²) in [5.41, 5.74) is 7.17. The Kier molecular flexibility index (Phi) is 21.4. The lowest BCUT2D eigenvalue weighted by atomic mass is 9.96. The minimum absolute atomic E-state index is 0.00222. The summed E-state index contributed by atoms with van der Waals surface area (Å²) in [5, 5.41) is 17.0. The van der Waals surface area contributed by atoms with E-state index in [1.807, 2.05) is 0 Å². The lowest BCUT2D eigenvalue weighted by Crippen LogP contribution is -2.28. The number of hydrogen-bond acceptors (Lipinski definition) is 12. The highest BCUT2D eigenvalue weighted by atomic mass is 16.5. The van der Waals surface area contributed by atoms with Crippen molar-refractivity contribution >= 4 is 41.1 Å². The van der Waals surface area contributed by atoms with E-state index in [0.29, 0.717) is 19.3 Å². The summed E-state index contributed by atoms with van der Waals surface area (Å²) in [6.45, 7) is 3.52. The number of fused-ring (bicyclic) bond motifs is 1. The van der Waals surface area contributed by atoms with E-state index in [0.717, 1.165) is 5.56 Å². The van der Waals surface area contributed by atoms with Crippen LogP contribution < -0.4 is 26.4 Å². The first-order valence-corrected chi connectivity index (χ1v) is 17.1. The Morgan fingerprint density at radius 3 is 1.98 bits per heavy atom. The van der Waals surface area contributed by atoms with Crippen LogP contribution in [0.25, 0.3) is 0 Å². The number of nitrogens with two attached hydrogens (primary N) is 1. The zero-order chi connectivity index (χ0) is 37.3. The fourth-order valence-corrected chi connectivity index (χ4v) is 4.61. The molecule has 0 spiro atoms. The largest absolute Gasteiger partial charge is 0.481 e. The number of anilines is 1. The van der Waals surface area contributed by atoms with Gasteiger partial charge in [0.15, 0.2) is 5.75 Å². The van der Waals surface area contributed by atoms with Crippen LogP contribution in [0.2, 0.25) is 0 Å². The van der Waals surface area contributed by atoms with E-state index in [9.17, 15) is 33.9 Å². The first-order chi connectivity index (χ1) is 24.5. The number of benzene rings is 1. The van der Waals surface area contributed by atoms with Crippen LogP contribution in [0.1, 0.15) is 57.4 Å². The van der Waals surface area contributed by atoms with Crippen molar-refractivity contribution in [2.24, 2.45) is 11.7 Å². The van der Waals surface area contributed by atoms with Gasteiger partial charge in [-0.15, -0.1) is 0 Å². The van der Waals surface area contributed by atoms with Gasteiger partial charge < -0.3 is 50.5 Å². The number of ether oxygens (including phenoxy) is 5. The van der Waals surface area contributed by atoms with Crippen LogP contribution in [0.15, 0.2) is 18.2 Å². The molecule has 3 amide bonds. The van der Waals surface area contributed by atoms with Crippen molar-refractivity contribution in [1.82, 2.24) is 10.6 Å². The zero-order valence-electron chi connectivity index (χ0n) is 29.1. The van der Waals surface area contributed by atoms with Gasteiger partial charge in [-0.3, -0.25) is 28.8 Å². The predicted molar refractivity (Wildman–Crippen MR) is 184 cm³/mol. The molecule has 0 radical (unpaired) electrons. The van der Waals surface area contributed by atoms with E-state index in [4.69, 9.17) is 29.4 Å². The second-order valence-electron chi connectivity index (χ2n) is 11.7. The average molecular weight is 719 g/mol. The third-order valence-electron chi connectivity index (χ3n) is 7.30. The SMILES string of the molecule is CC(C[C@@H](N)Cc1ccc2c(c1)NC(=O)CCCCC(=O)CCOCCOCCNC(=O)C#CC(=O)NCCOCCOCCC(=O)O2)C(=O)O. The second-order valence-corrected chi connectivity index (χ2v) is 11.7. The van der Waals surface area contributed by atoms with Crippen molar-refractivity contribution in [1.29, 1.82) is 0 Å². The first-order valence-electron chi connectivity index (χ1n) is 17.1. The van der Waals surface area contributed by atoms with Gasteiger partial charge in [0.05, 0.1) is 70.9 Å². The number of carboxylic acid groups (broad SMARTS) is 1. The third kappa shape index (κ3) is 20.8. The number of esters is 1. The summed E-state index contributed by atoms with van der Waals surface area (Å²) in [6, 6.07) is 4.44. The minimum Gasteiger partial charge on any atom is -0.481 e. The molecule has 0 saturated carbocycles. The molecule has 0 fully saturated rings. The maximum absolute atomic E-state index is 12.9. The molecule has 2 atom stereocenters. The van der Waals surface area contributed by atoms with Gasteiger partial charge in [-0.2, -0.15) is 0 Å². The molecule has 0 saturated heterocycles. The normalized spacial score (nSPS) is 19.4. The quantitative estimate of drug-likeness (QED) is 0.161. The number of carbonyl (C=O) groups excluding carboxylic acids is 5. The number of carboxylic acids is 1. The van der Waals surface area contributed by atoms with E-state index in [1.54, 1.807) is 25.1 Å². The van der Waals surface area contributed by atoms with E-state index >= 15 is 0 Å². The molecule has 1 aliphatic rings. The highest BCUT2D eigenvalue weighted by Gasteiger charge is 2.18. The second kappa shape index (κ2) is 25.5. The summed E-state index contributed by atoms with van der Waals surface area (Å²) in [5.74, 6) is 0.759. The standard InChI is InChI=1S/C35H50N4O12/c1-25(35(45)46)22-27(36)23-26-6-7-30-29(24-26)39-33(43)5-3-2-4-28(40)10-14-47-18-20-49-16-12-37-31(41)8-9-32(42)38-13-17-50-21-19-48-15-11-34(44)51-30/h6-7,24-25,27H,2-5,10-23,36H2,1H3,(H,37,41)(H,38,42)(H,39,43)(H,45,46)/t25?,27-/m1/s1. The van der Waals surface area contributed by atoms with Crippen molar-refractivity contribution < 1.29 is 57.6 Å². The molecule has 16 nitrogen and oxygen atoms in total. The monoisotopic (exact) mass is 718 g/mol. The number of aliphatic carboxylic acids is 1. The molecular weight excluding hydrogens is 668 g/mol. The molecule has 1 unspecified atom stereocenters. The van der Waals surface area contributed by atoms with Crippen LogP contribution in [0.3, 0.4) is 0 Å². The van der Waals surface area contributed by atoms with Crippen molar-refractivity contribution in [3.8, 4) is 17.6 Å². The Hall–Kier alpha value is -4.40. The fraction of sp³-hybridized carbons (Fsp3) is 0.600. The summed E-state index contributed by atoms with van der Waals surface area (Å²) in [4.78, 5) is 72.5. The number of ketones is 1. The Morgan fingerprint density at radius 1 is 0.804 bits per heavy atom. The molecule has 51 heavy (non-hydrogen) atoms. The highest BCUT2D eigenvalue weighted by molar-refractivity contribution is 6.02. The van der Waals surface area contributed by atoms with Crippen molar-refractivity contribution in [3.05, 3.63) is 23.8 Å². The zero-order valence-corrected chi connectivity index (χ0v) is 29.1. The molecule has 1 aromatic rings. The van der Waals surface area contributed by atoms with Crippen LogP contribution in [0.4, 0.5) is 5.69 Å². The fourth-order valence-electron chi connectivity index (χ4n) is 4.61. The molecule has 2 rings (SSSR count). The summed E-state index contributed by atoms with van der Waals surface area (Å²) in [6.07, 6.45) is 2.10. The molecule has 1 aliphatic heterocycles. The molecule has 0 aromatic heterocycles. The summed E-state index contributed by atoms with van der Waals surface area (Å²) >= 11 is 0. The number of rotatable bonds is 5. The number of hydrogen-bond donors (Lipinski definition) is 5. The number of nitrogens with one attached hydrogen (secondary N) is 3. The molecule has 6 N–H and O–H groups in total. The molecule has 1 heterocycles. The van der Waals surface area contributed by atoms with Gasteiger partial charge in [0.1, 0.15) is 5.78 Å². The smallest absolute Gasteiger partial charge is 0.313 e. The van der Waals surface area contributed by atoms with E-state index < -0.39 is 35.7 Å². The van der Waals surface area contributed by atoms with Crippen LogP contribution >= 0.6 is 0 Å². The van der Waals surface area contributed by atoms with Gasteiger partial charge in [0.2, 0.25) is 5.91 Å². The van der Waals surface area contributed by atoms with Crippen LogP contribution in [0, 0.1) is 17.8 Å². The molecule has 16 heteroatoms. The Morgan fingerprint density at radius 2 is 1.37 bits per heavy atom. The third-order valence-corrected chi connectivity index (χ3v) is 7.30. The van der Waals surface area contributed by atoms with Crippen LogP contribution in [-0.4, -0.2) is 113 Å². The van der Waals surface area contributed by atoms with Crippen LogP contribution in [0.5, 0.6) is 5.75 Å². The molecule has 1 aromatic carbocycles. The lowest BCUT2D eigenvalue weighted by Gasteiger charge is -2.17. The van der Waals surface area contributed by atoms with E-state index in [1.165, 1.54) is 0 Å². The topological polar surface area (TPSA) is 231 Å². The van der Waals surface area contributed by atoms with Gasteiger partial charge in [0, 0.05) is 50.2 Å². The van der Waals surface area contributed by atoms with Crippen molar-refractivity contribution in [2.45, 2.75) is 64.3 Å². The van der Waals surface area contributed by atoms with Crippen molar-refractivity contribution in [2.75, 3.05) is 71.3 Å². The number of Topliss-reactive ketones (excluding diaryl/α,β-unsaturated/α-hetero) is 1. The van der Waals surface area contributed by atoms with Gasteiger partial charge in [-0.25, -0.2) is 0 Å². The molecular formula is C35H50N4O12. The Bertz CT molecular complexity index is 1360. The summed E-state index contributed by atoms with van der Waals surface area (Å²) in [7, 11) is 0. The molecule has 0 aliphatic carbocycles. The van der Waals surface area contributed by atoms with E-state index in [2.05, 4.69) is 27.8 Å². The Labute approximate surface area is 297 Å². The van der Waals surface area contributed by atoms with Gasteiger partial charge >= 0.3 is 11.9 Å². The van der Waals surface area contributed by atoms with Gasteiger partial charge in [-0.1, -0.05) is 13.0 Å². The van der Waals surface area contributed by atoms with Gasteiger partial charge in [-0.05, 0) is 43.4 Å². The minimum atomic E-state index is -0.941.